The molecule has 0 aromatic heterocycles. The van der Waals surface area contributed by atoms with Gasteiger partial charge in [0.1, 0.15) is 0 Å². The Labute approximate surface area is 161 Å². The van der Waals surface area contributed by atoms with Crippen LogP contribution in [0.25, 0.3) is 0 Å². The summed E-state index contributed by atoms with van der Waals surface area (Å²) in [6.45, 7) is 7.12. The summed E-state index contributed by atoms with van der Waals surface area (Å²) in [5.74, 6) is 0.380. The standard InChI is InChI=1S/C20H30ClN3O2/c1-4-24(12-19(25)22-17-8-6-5-7-14(17)2)13-20(26)23-18-11-16(21)10-9-15(18)3/h9-11,14,17H,4-8,12-13H2,1-3H3,(H,22,25)(H,23,26). The molecule has 1 aliphatic carbocycles. The number of hydrogen-bond acceptors (Lipinski definition) is 3. The molecule has 5 nitrogen and oxygen atoms in total. The Bertz CT molecular complexity index is 635. The summed E-state index contributed by atoms with van der Waals surface area (Å²) in [7, 11) is 0. The lowest BCUT2D eigenvalue weighted by Gasteiger charge is -2.30. The van der Waals surface area contributed by atoms with Gasteiger partial charge in [-0.1, -0.05) is 44.4 Å². The van der Waals surface area contributed by atoms with Crippen LogP contribution in [-0.4, -0.2) is 42.4 Å². The van der Waals surface area contributed by atoms with E-state index in [1.807, 2.05) is 24.8 Å². The third-order valence-electron chi connectivity index (χ3n) is 5.11. The first-order valence-electron chi connectivity index (χ1n) is 9.46. The van der Waals surface area contributed by atoms with Crippen molar-refractivity contribution in [2.75, 3.05) is 25.0 Å². The molecule has 1 fully saturated rings. The van der Waals surface area contributed by atoms with E-state index in [0.717, 1.165) is 12.0 Å². The van der Waals surface area contributed by atoms with Crippen LogP contribution >= 0.6 is 11.6 Å². The van der Waals surface area contributed by atoms with Gasteiger partial charge in [0.15, 0.2) is 0 Å². The van der Waals surface area contributed by atoms with Crippen LogP contribution in [0, 0.1) is 12.8 Å². The molecule has 0 spiro atoms. The van der Waals surface area contributed by atoms with Crippen LogP contribution in [0.15, 0.2) is 18.2 Å². The van der Waals surface area contributed by atoms with E-state index in [1.165, 1.54) is 19.3 Å². The molecule has 144 valence electrons. The van der Waals surface area contributed by atoms with Gasteiger partial charge in [-0.25, -0.2) is 0 Å². The molecule has 0 bridgehead atoms. The molecule has 1 aliphatic rings. The number of rotatable bonds is 7. The number of aryl methyl sites for hydroxylation is 1. The molecule has 2 unspecified atom stereocenters. The van der Waals surface area contributed by atoms with E-state index >= 15 is 0 Å². The van der Waals surface area contributed by atoms with E-state index in [0.29, 0.717) is 23.2 Å². The number of nitrogens with zero attached hydrogens (tertiary/aromatic N) is 1. The minimum atomic E-state index is -0.143. The maximum atomic E-state index is 12.4. The minimum absolute atomic E-state index is 0.00247. The fourth-order valence-corrected chi connectivity index (χ4v) is 3.56. The van der Waals surface area contributed by atoms with Crippen LogP contribution in [0.2, 0.25) is 5.02 Å². The molecular weight excluding hydrogens is 350 g/mol. The van der Waals surface area contributed by atoms with Crippen molar-refractivity contribution in [3.63, 3.8) is 0 Å². The van der Waals surface area contributed by atoms with Gasteiger partial charge in [-0.3, -0.25) is 14.5 Å². The first kappa shape index (κ1) is 20.7. The Kier molecular flexibility index (Phi) is 7.91. The number of benzene rings is 1. The fourth-order valence-electron chi connectivity index (χ4n) is 3.39. The molecule has 1 aromatic carbocycles. The number of nitrogens with one attached hydrogen (secondary N) is 2. The van der Waals surface area contributed by atoms with Gasteiger partial charge in [-0.15, -0.1) is 0 Å². The summed E-state index contributed by atoms with van der Waals surface area (Å²) in [6.07, 6.45) is 4.64. The van der Waals surface area contributed by atoms with Crippen molar-refractivity contribution in [3.8, 4) is 0 Å². The van der Waals surface area contributed by atoms with Gasteiger partial charge < -0.3 is 10.6 Å². The molecule has 1 aromatic rings. The van der Waals surface area contributed by atoms with Gasteiger partial charge in [-0.2, -0.15) is 0 Å². The quantitative estimate of drug-likeness (QED) is 0.760. The lowest BCUT2D eigenvalue weighted by molar-refractivity contribution is -0.124. The molecule has 2 atom stereocenters. The highest BCUT2D eigenvalue weighted by molar-refractivity contribution is 6.31. The molecular formula is C20H30ClN3O2. The van der Waals surface area contributed by atoms with Crippen molar-refractivity contribution < 1.29 is 9.59 Å². The number of carbonyl (C=O) groups excluding carboxylic acids is 2. The van der Waals surface area contributed by atoms with Crippen molar-refractivity contribution in [3.05, 3.63) is 28.8 Å². The molecule has 26 heavy (non-hydrogen) atoms. The zero-order valence-corrected chi connectivity index (χ0v) is 16.7. The van der Waals surface area contributed by atoms with E-state index in [2.05, 4.69) is 17.6 Å². The second kappa shape index (κ2) is 9.93. The highest BCUT2D eigenvalue weighted by Gasteiger charge is 2.23. The molecule has 1 saturated carbocycles. The second-order valence-electron chi connectivity index (χ2n) is 7.25. The lowest BCUT2D eigenvalue weighted by atomic mass is 9.86. The predicted octanol–water partition coefficient (Wildman–Crippen LogP) is 3.60. The summed E-state index contributed by atoms with van der Waals surface area (Å²) in [5, 5.41) is 6.61. The van der Waals surface area contributed by atoms with Crippen molar-refractivity contribution in [2.45, 2.75) is 52.5 Å². The maximum Gasteiger partial charge on any atom is 0.238 e. The Morgan fingerprint density at radius 2 is 1.88 bits per heavy atom. The van der Waals surface area contributed by atoms with Gasteiger partial charge in [-0.05, 0) is 49.9 Å². The second-order valence-corrected chi connectivity index (χ2v) is 7.68. The van der Waals surface area contributed by atoms with Crippen molar-refractivity contribution in [1.82, 2.24) is 10.2 Å². The maximum absolute atomic E-state index is 12.4. The average Bonchev–Trinajstić information content (AvgIpc) is 2.59. The Balaban J connectivity index is 1.84. The van der Waals surface area contributed by atoms with Crippen LogP contribution in [0.3, 0.4) is 0 Å². The van der Waals surface area contributed by atoms with Gasteiger partial charge in [0.25, 0.3) is 0 Å². The topological polar surface area (TPSA) is 61.4 Å². The number of amides is 2. The molecule has 0 heterocycles. The summed E-state index contributed by atoms with van der Waals surface area (Å²) in [4.78, 5) is 26.5. The van der Waals surface area contributed by atoms with Crippen molar-refractivity contribution in [2.24, 2.45) is 5.92 Å². The SMILES string of the molecule is CCN(CC(=O)Nc1cc(Cl)ccc1C)CC(=O)NC1CCCCC1C. The summed E-state index contributed by atoms with van der Waals surface area (Å²) in [5.41, 5.74) is 1.66. The van der Waals surface area contributed by atoms with E-state index in [4.69, 9.17) is 11.6 Å². The van der Waals surface area contributed by atoms with Gasteiger partial charge in [0.2, 0.25) is 11.8 Å². The fraction of sp³-hybridized carbons (Fsp3) is 0.600. The van der Waals surface area contributed by atoms with Gasteiger partial charge >= 0.3 is 0 Å². The molecule has 2 rings (SSSR count). The number of carbonyl (C=O) groups is 2. The third-order valence-corrected chi connectivity index (χ3v) is 5.35. The van der Waals surface area contributed by atoms with Crippen LogP contribution in [0.4, 0.5) is 5.69 Å². The van der Waals surface area contributed by atoms with Gasteiger partial charge in [0, 0.05) is 16.8 Å². The zero-order chi connectivity index (χ0) is 19.1. The average molecular weight is 380 g/mol. The summed E-state index contributed by atoms with van der Waals surface area (Å²) < 4.78 is 0. The Morgan fingerprint density at radius 3 is 2.58 bits per heavy atom. The van der Waals surface area contributed by atoms with Crippen LogP contribution in [0.1, 0.15) is 45.1 Å². The molecule has 0 radical (unpaired) electrons. The van der Waals surface area contributed by atoms with E-state index < -0.39 is 0 Å². The van der Waals surface area contributed by atoms with E-state index in [9.17, 15) is 9.59 Å². The predicted molar refractivity (Wildman–Crippen MR) is 106 cm³/mol. The highest BCUT2D eigenvalue weighted by atomic mass is 35.5. The monoisotopic (exact) mass is 379 g/mol. The normalized spacial score (nSPS) is 20.0. The van der Waals surface area contributed by atoms with E-state index in [-0.39, 0.29) is 30.9 Å². The molecule has 2 N–H and O–H groups in total. The van der Waals surface area contributed by atoms with Crippen LogP contribution in [-0.2, 0) is 9.59 Å². The molecule has 0 aliphatic heterocycles. The Hall–Kier alpha value is -1.59. The third kappa shape index (κ3) is 6.29. The number of anilines is 1. The summed E-state index contributed by atoms with van der Waals surface area (Å²) in [6, 6.07) is 5.66. The Morgan fingerprint density at radius 1 is 1.19 bits per heavy atom. The largest absolute Gasteiger partial charge is 0.352 e. The zero-order valence-electron chi connectivity index (χ0n) is 16.0. The van der Waals surface area contributed by atoms with Crippen molar-refractivity contribution in [1.29, 1.82) is 0 Å². The smallest absolute Gasteiger partial charge is 0.238 e. The number of likely N-dealkylation sites (N-methyl/N-ethyl adjacent to an activating group) is 1. The van der Waals surface area contributed by atoms with Crippen LogP contribution in [0.5, 0.6) is 0 Å². The van der Waals surface area contributed by atoms with Crippen molar-refractivity contribution >= 4 is 29.1 Å². The first-order valence-corrected chi connectivity index (χ1v) is 9.84. The van der Waals surface area contributed by atoms with E-state index in [1.54, 1.807) is 12.1 Å². The molecule has 6 heteroatoms. The molecule has 2 amide bonds. The first-order chi connectivity index (χ1) is 12.4. The summed E-state index contributed by atoms with van der Waals surface area (Å²) >= 11 is 5.99. The van der Waals surface area contributed by atoms with Crippen LogP contribution < -0.4 is 10.6 Å². The number of halogens is 1. The number of hydrogen-bond donors (Lipinski definition) is 2. The minimum Gasteiger partial charge on any atom is -0.352 e. The molecule has 0 saturated heterocycles. The lowest BCUT2D eigenvalue weighted by Crippen LogP contribution is -2.47. The highest BCUT2D eigenvalue weighted by Crippen LogP contribution is 2.23. The van der Waals surface area contributed by atoms with Gasteiger partial charge in [0.05, 0.1) is 13.1 Å².